The Balaban J connectivity index is 1.47. The first kappa shape index (κ1) is 24.7. The molecule has 1 aliphatic rings. The minimum absolute atomic E-state index is 0.0249. The lowest BCUT2D eigenvalue weighted by molar-refractivity contribution is -0.384. The third kappa shape index (κ3) is 5.96. The normalized spacial score (nSPS) is 14.8. The highest BCUT2D eigenvalue weighted by Crippen LogP contribution is 2.29. The summed E-state index contributed by atoms with van der Waals surface area (Å²) in [5.74, 6) is 1.11. The number of hydrogen-bond donors (Lipinski definition) is 0. The molecule has 184 valence electrons. The fourth-order valence-electron chi connectivity index (χ4n) is 3.59. The van der Waals surface area contributed by atoms with Gasteiger partial charge in [-0.1, -0.05) is 44.2 Å². The zero-order valence-electron chi connectivity index (χ0n) is 20.0. The fourth-order valence-corrected chi connectivity index (χ4v) is 3.59. The maximum Gasteiger partial charge on any atom is 0.363 e. The van der Waals surface area contributed by atoms with E-state index in [0.29, 0.717) is 22.8 Å². The summed E-state index contributed by atoms with van der Waals surface area (Å²) in [5.41, 5.74) is 2.14. The van der Waals surface area contributed by atoms with Crippen molar-refractivity contribution in [1.82, 2.24) is 0 Å². The van der Waals surface area contributed by atoms with Gasteiger partial charge in [0.1, 0.15) is 24.7 Å². The smallest absolute Gasteiger partial charge is 0.363 e. The zero-order chi connectivity index (χ0) is 25.5. The molecule has 3 aromatic rings. The van der Waals surface area contributed by atoms with Crippen LogP contribution in [0.3, 0.4) is 0 Å². The van der Waals surface area contributed by atoms with E-state index in [2.05, 4.69) is 31.0 Å². The molecule has 0 saturated heterocycles. The topological polar surface area (TPSA) is 100 Å². The van der Waals surface area contributed by atoms with Crippen LogP contribution in [0.25, 0.3) is 6.08 Å². The maximum atomic E-state index is 12.4. The molecule has 1 atom stereocenters. The second kappa shape index (κ2) is 11.3. The van der Waals surface area contributed by atoms with Gasteiger partial charge in [-0.2, -0.15) is 0 Å². The van der Waals surface area contributed by atoms with Gasteiger partial charge in [0.15, 0.2) is 5.70 Å². The predicted molar refractivity (Wildman–Crippen MR) is 136 cm³/mol. The van der Waals surface area contributed by atoms with E-state index < -0.39 is 10.9 Å². The van der Waals surface area contributed by atoms with Crippen molar-refractivity contribution in [2.24, 2.45) is 4.99 Å². The molecule has 0 spiro atoms. The molecule has 4 rings (SSSR count). The molecule has 0 aromatic heterocycles. The Bertz CT molecular complexity index is 1300. The summed E-state index contributed by atoms with van der Waals surface area (Å²) in [6.07, 6.45) is 2.49. The molecule has 8 nitrogen and oxygen atoms in total. The van der Waals surface area contributed by atoms with Crippen molar-refractivity contribution in [2.75, 3.05) is 13.2 Å². The number of benzene rings is 3. The highest BCUT2D eigenvalue weighted by atomic mass is 16.6. The summed E-state index contributed by atoms with van der Waals surface area (Å²) in [6.45, 7) is 4.80. The van der Waals surface area contributed by atoms with Crippen molar-refractivity contribution in [3.05, 3.63) is 105 Å². The van der Waals surface area contributed by atoms with Crippen LogP contribution in [0, 0.1) is 10.1 Å². The number of non-ortho nitro benzene ring substituents is 1. The molecule has 36 heavy (non-hydrogen) atoms. The first-order chi connectivity index (χ1) is 17.4. The van der Waals surface area contributed by atoms with Crippen LogP contribution in [-0.2, 0) is 9.53 Å². The van der Waals surface area contributed by atoms with E-state index in [1.165, 1.54) is 29.8 Å². The highest BCUT2D eigenvalue weighted by molar-refractivity contribution is 6.12. The van der Waals surface area contributed by atoms with Crippen molar-refractivity contribution in [3.8, 4) is 11.5 Å². The van der Waals surface area contributed by atoms with Crippen LogP contribution in [-0.4, -0.2) is 30.0 Å². The maximum absolute atomic E-state index is 12.4. The molecule has 0 saturated carbocycles. The number of ether oxygens (including phenoxy) is 3. The summed E-state index contributed by atoms with van der Waals surface area (Å²) < 4.78 is 16.9. The van der Waals surface area contributed by atoms with E-state index in [4.69, 9.17) is 14.2 Å². The summed E-state index contributed by atoms with van der Waals surface area (Å²) in [6, 6.07) is 21.1. The average molecular weight is 487 g/mol. The largest absolute Gasteiger partial charge is 0.490 e. The number of aliphatic imine (C=N–C) groups is 1. The van der Waals surface area contributed by atoms with Crippen LogP contribution in [0.1, 0.15) is 42.9 Å². The molecule has 0 unspecified atom stereocenters. The van der Waals surface area contributed by atoms with Crippen LogP contribution in [0.5, 0.6) is 11.5 Å². The highest BCUT2D eigenvalue weighted by Gasteiger charge is 2.25. The lowest BCUT2D eigenvalue weighted by Gasteiger charge is -2.12. The molecule has 0 radical (unpaired) electrons. The summed E-state index contributed by atoms with van der Waals surface area (Å²) in [5, 5.41) is 11.3. The minimum Gasteiger partial charge on any atom is -0.490 e. The lowest BCUT2D eigenvalue weighted by Crippen LogP contribution is -2.10. The lowest BCUT2D eigenvalue weighted by atomic mass is 9.99. The molecule has 8 heteroatoms. The van der Waals surface area contributed by atoms with Crippen molar-refractivity contribution < 1.29 is 23.9 Å². The van der Waals surface area contributed by atoms with E-state index in [0.717, 1.165) is 12.2 Å². The summed E-state index contributed by atoms with van der Waals surface area (Å²) in [4.78, 5) is 27.5. The number of carbonyl (C=O) groups is 1. The van der Waals surface area contributed by atoms with Gasteiger partial charge in [-0.25, -0.2) is 9.79 Å². The van der Waals surface area contributed by atoms with Crippen LogP contribution in [0.2, 0.25) is 0 Å². The third-order valence-electron chi connectivity index (χ3n) is 5.81. The summed E-state index contributed by atoms with van der Waals surface area (Å²) in [7, 11) is 0. The van der Waals surface area contributed by atoms with E-state index >= 15 is 0 Å². The average Bonchev–Trinajstić information content (AvgIpc) is 3.27. The second-order valence-corrected chi connectivity index (χ2v) is 8.26. The fraction of sp³-hybridized carbons (Fsp3) is 0.214. The van der Waals surface area contributed by atoms with Crippen molar-refractivity contribution in [3.63, 3.8) is 0 Å². The van der Waals surface area contributed by atoms with Gasteiger partial charge >= 0.3 is 5.97 Å². The van der Waals surface area contributed by atoms with E-state index in [1.54, 1.807) is 12.1 Å². The number of carbonyl (C=O) groups excluding carboxylic acids is 1. The molecular weight excluding hydrogens is 460 g/mol. The molecule has 1 heterocycles. The van der Waals surface area contributed by atoms with Gasteiger partial charge in [0.25, 0.3) is 5.69 Å². The van der Waals surface area contributed by atoms with E-state index in [9.17, 15) is 14.9 Å². The standard InChI is InChI=1S/C28H26N2O6/c1-3-19(2)20-9-12-24(13-10-20)34-15-16-35-26-14-11-23(30(32)33)17-22(26)18-25-28(31)36-27(29-25)21-7-5-4-6-8-21/h4-14,17-19H,3,15-16H2,1-2H3/b25-18+/t19-/m1/s1. The number of nitro benzene ring substituents is 1. The Morgan fingerprint density at radius 3 is 2.44 bits per heavy atom. The van der Waals surface area contributed by atoms with Gasteiger partial charge in [0, 0.05) is 23.3 Å². The quantitative estimate of drug-likeness (QED) is 0.116. The predicted octanol–water partition coefficient (Wildman–Crippen LogP) is 5.91. The molecule has 0 amide bonds. The number of hydrogen-bond acceptors (Lipinski definition) is 7. The SMILES string of the molecule is CC[C@@H](C)c1ccc(OCCOc2ccc([N+](=O)[O-])cc2/C=C2/N=C(c3ccccc3)OC2=O)cc1. The van der Waals surface area contributed by atoms with Crippen molar-refractivity contribution in [1.29, 1.82) is 0 Å². The number of nitrogens with zero attached hydrogens (tertiary/aromatic N) is 2. The Hall–Kier alpha value is -4.46. The van der Waals surface area contributed by atoms with E-state index in [-0.39, 0.29) is 30.5 Å². The molecular formula is C28H26N2O6. The van der Waals surface area contributed by atoms with Gasteiger partial charge in [0.2, 0.25) is 5.90 Å². The number of nitro groups is 1. The van der Waals surface area contributed by atoms with Gasteiger partial charge in [-0.3, -0.25) is 10.1 Å². The van der Waals surface area contributed by atoms with Gasteiger partial charge < -0.3 is 14.2 Å². The zero-order valence-corrected chi connectivity index (χ0v) is 20.0. The van der Waals surface area contributed by atoms with Crippen LogP contribution in [0.15, 0.2) is 83.5 Å². The van der Waals surface area contributed by atoms with Crippen molar-refractivity contribution >= 4 is 23.6 Å². The Morgan fingerprint density at radius 1 is 1.03 bits per heavy atom. The van der Waals surface area contributed by atoms with Gasteiger partial charge in [-0.05, 0) is 54.3 Å². The number of rotatable bonds is 10. The number of esters is 1. The second-order valence-electron chi connectivity index (χ2n) is 8.26. The first-order valence-corrected chi connectivity index (χ1v) is 11.7. The molecule has 3 aromatic carbocycles. The van der Waals surface area contributed by atoms with Crippen LogP contribution >= 0.6 is 0 Å². The van der Waals surface area contributed by atoms with Gasteiger partial charge in [-0.15, -0.1) is 0 Å². The monoisotopic (exact) mass is 486 g/mol. The van der Waals surface area contributed by atoms with E-state index in [1.807, 2.05) is 30.3 Å². The Labute approximate surface area is 209 Å². The molecule has 0 N–H and O–H groups in total. The van der Waals surface area contributed by atoms with Crippen molar-refractivity contribution in [2.45, 2.75) is 26.2 Å². The van der Waals surface area contributed by atoms with Gasteiger partial charge in [0.05, 0.1) is 4.92 Å². The molecule has 1 aliphatic heterocycles. The van der Waals surface area contributed by atoms with Crippen LogP contribution in [0.4, 0.5) is 5.69 Å². The Morgan fingerprint density at radius 2 is 1.75 bits per heavy atom. The van der Waals surface area contributed by atoms with Crippen LogP contribution < -0.4 is 9.47 Å². The molecule has 0 bridgehead atoms. The number of cyclic esters (lactones) is 1. The first-order valence-electron chi connectivity index (χ1n) is 11.7. The summed E-state index contributed by atoms with van der Waals surface area (Å²) >= 11 is 0. The molecule has 0 fully saturated rings. The Kier molecular flexibility index (Phi) is 7.75. The molecule has 0 aliphatic carbocycles. The minimum atomic E-state index is -0.643. The third-order valence-corrected chi connectivity index (χ3v) is 5.81.